The monoisotopic (exact) mass is 200 g/mol. The Labute approximate surface area is 90.5 Å². The highest BCUT2D eigenvalue weighted by Crippen LogP contribution is 2.43. The fourth-order valence-corrected chi connectivity index (χ4v) is 3.26. The number of Topliss-reactive ketones (excluding diaryl/α,β-unsaturated/α-hetero) is 1. The molecule has 1 nitrogen and oxygen atoms in total. The predicted molar refractivity (Wildman–Crippen MR) is 59.9 cm³/mol. The molecule has 0 spiro atoms. The molecule has 1 aromatic carbocycles. The van der Waals surface area contributed by atoms with Gasteiger partial charge in [0.2, 0.25) is 0 Å². The van der Waals surface area contributed by atoms with E-state index in [-0.39, 0.29) is 0 Å². The first-order valence-corrected chi connectivity index (χ1v) is 5.97. The highest BCUT2D eigenvalue weighted by atomic mass is 16.1. The van der Waals surface area contributed by atoms with E-state index < -0.39 is 0 Å². The molecule has 78 valence electrons. The average Bonchev–Trinajstić information content (AvgIpc) is 2.30. The van der Waals surface area contributed by atoms with E-state index in [4.69, 9.17) is 0 Å². The van der Waals surface area contributed by atoms with Gasteiger partial charge in [-0.1, -0.05) is 37.1 Å². The highest BCUT2D eigenvalue weighted by Gasteiger charge is 2.36. The second-order valence-electron chi connectivity index (χ2n) is 4.84. The quantitative estimate of drug-likeness (QED) is 0.629. The van der Waals surface area contributed by atoms with Gasteiger partial charge in [0.25, 0.3) is 0 Å². The van der Waals surface area contributed by atoms with Gasteiger partial charge in [-0.25, -0.2) is 0 Å². The Balaban J connectivity index is 2.06. The number of hydrogen-bond acceptors (Lipinski definition) is 1. The van der Waals surface area contributed by atoms with Crippen LogP contribution in [0, 0.1) is 5.92 Å². The van der Waals surface area contributed by atoms with Crippen LogP contribution in [0.2, 0.25) is 0 Å². The van der Waals surface area contributed by atoms with Gasteiger partial charge in [-0.2, -0.15) is 0 Å². The number of carbonyl (C=O) groups is 1. The predicted octanol–water partition coefficient (Wildman–Crippen LogP) is 3.09. The van der Waals surface area contributed by atoms with Gasteiger partial charge in [-0.3, -0.25) is 4.79 Å². The van der Waals surface area contributed by atoms with Crippen LogP contribution in [0.1, 0.15) is 42.7 Å². The van der Waals surface area contributed by atoms with E-state index in [9.17, 15) is 4.79 Å². The summed E-state index contributed by atoms with van der Waals surface area (Å²) in [5.74, 6) is 1.36. The van der Waals surface area contributed by atoms with Crippen molar-refractivity contribution < 1.29 is 4.79 Å². The van der Waals surface area contributed by atoms with Crippen LogP contribution in [-0.4, -0.2) is 5.78 Å². The van der Waals surface area contributed by atoms with Crippen molar-refractivity contribution in [3.05, 3.63) is 35.4 Å². The maximum absolute atomic E-state index is 12.0. The van der Waals surface area contributed by atoms with Gasteiger partial charge in [0.15, 0.2) is 0 Å². The molecule has 0 radical (unpaired) electrons. The molecule has 2 atom stereocenters. The summed E-state index contributed by atoms with van der Waals surface area (Å²) in [6, 6.07) is 8.51. The van der Waals surface area contributed by atoms with Crippen LogP contribution < -0.4 is 0 Å². The van der Waals surface area contributed by atoms with Crippen molar-refractivity contribution in [3.8, 4) is 0 Å². The van der Waals surface area contributed by atoms with E-state index in [0.29, 0.717) is 24.0 Å². The van der Waals surface area contributed by atoms with Crippen molar-refractivity contribution in [2.45, 2.75) is 38.0 Å². The van der Waals surface area contributed by atoms with Gasteiger partial charge in [0.1, 0.15) is 5.78 Å². The van der Waals surface area contributed by atoms with Crippen molar-refractivity contribution in [3.63, 3.8) is 0 Å². The summed E-state index contributed by atoms with van der Waals surface area (Å²) >= 11 is 0. The van der Waals surface area contributed by atoms with Crippen LogP contribution in [-0.2, 0) is 11.2 Å². The van der Waals surface area contributed by atoms with Gasteiger partial charge >= 0.3 is 0 Å². The third-order valence-electron chi connectivity index (χ3n) is 4.00. The lowest BCUT2D eigenvalue weighted by Crippen LogP contribution is -2.32. The van der Waals surface area contributed by atoms with E-state index in [1.807, 2.05) is 0 Å². The Kier molecular flexibility index (Phi) is 2.12. The summed E-state index contributed by atoms with van der Waals surface area (Å²) in [6.07, 6.45) is 5.56. The van der Waals surface area contributed by atoms with Crippen molar-refractivity contribution in [1.82, 2.24) is 0 Å². The smallest absolute Gasteiger partial charge is 0.140 e. The molecule has 1 saturated carbocycles. The van der Waals surface area contributed by atoms with Crippen LogP contribution in [0.4, 0.5) is 0 Å². The lowest BCUT2D eigenvalue weighted by molar-refractivity contribution is -0.124. The molecule has 0 N–H and O–H groups in total. The molecule has 0 saturated heterocycles. The van der Waals surface area contributed by atoms with Gasteiger partial charge < -0.3 is 0 Å². The highest BCUT2D eigenvalue weighted by molar-refractivity contribution is 5.86. The fourth-order valence-electron chi connectivity index (χ4n) is 3.26. The Morgan fingerprint density at radius 2 is 1.73 bits per heavy atom. The van der Waals surface area contributed by atoms with E-state index >= 15 is 0 Å². The number of benzene rings is 1. The second kappa shape index (κ2) is 3.48. The van der Waals surface area contributed by atoms with Crippen molar-refractivity contribution in [2.24, 2.45) is 5.92 Å². The minimum absolute atomic E-state index is 0.341. The van der Waals surface area contributed by atoms with Crippen molar-refractivity contribution in [1.29, 1.82) is 0 Å². The minimum atomic E-state index is 0.341. The Morgan fingerprint density at radius 3 is 2.60 bits per heavy atom. The molecule has 3 rings (SSSR count). The Bertz CT molecular complexity index is 394. The number of carbonyl (C=O) groups excluding carboxylic acids is 1. The molecule has 0 amide bonds. The molecule has 15 heavy (non-hydrogen) atoms. The minimum Gasteiger partial charge on any atom is -0.299 e. The first-order valence-electron chi connectivity index (χ1n) is 5.97. The maximum atomic E-state index is 12.0. The van der Waals surface area contributed by atoms with Crippen LogP contribution >= 0.6 is 0 Å². The van der Waals surface area contributed by atoms with Gasteiger partial charge in [0, 0.05) is 12.3 Å². The van der Waals surface area contributed by atoms with E-state index in [1.165, 1.54) is 30.4 Å². The zero-order chi connectivity index (χ0) is 10.3. The maximum Gasteiger partial charge on any atom is 0.140 e. The van der Waals surface area contributed by atoms with Crippen LogP contribution in [0.25, 0.3) is 0 Å². The van der Waals surface area contributed by atoms with Crippen LogP contribution in [0.5, 0.6) is 0 Å². The molecule has 1 aromatic rings. The summed E-state index contributed by atoms with van der Waals surface area (Å²) in [4.78, 5) is 12.0. The zero-order valence-corrected chi connectivity index (χ0v) is 8.91. The largest absolute Gasteiger partial charge is 0.299 e. The molecule has 2 aliphatic rings. The Morgan fingerprint density at radius 1 is 1.00 bits per heavy atom. The lowest BCUT2D eigenvalue weighted by atomic mass is 9.67. The molecular formula is C14H16O. The van der Waals surface area contributed by atoms with Gasteiger partial charge in [-0.05, 0) is 29.9 Å². The molecule has 0 aromatic heterocycles. The number of fused-ring (bicyclic) bond motifs is 3. The van der Waals surface area contributed by atoms with Crippen LogP contribution in [0.15, 0.2) is 24.3 Å². The molecule has 2 unspecified atom stereocenters. The van der Waals surface area contributed by atoms with E-state index in [2.05, 4.69) is 24.3 Å². The summed E-state index contributed by atoms with van der Waals surface area (Å²) in [5, 5.41) is 0. The average molecular weight is 200 g/mol. The Hall–Kier alpha value is -1.11. The summed E-state index contributed by atoms with van der Waals surface area (Å²) in [5.41, 5.74) is 2.74. The molecule has 0 bridgehead atoms. The summed E-state index contributed by atoms with van der Waals surface area (Å²) in [7, 11) is 0. The van der Waals surface area contributed by atoms with Crippen molar-refractivity contribution in [2.75, 3.05) is 0 Å². The van der Waals surface area contributed by atoms with Crippen molar-refractivity contribution >= 4 is 5.78 Å². The number of hydrogen-bond donors (Lipinski definition) is 0. The second-order valence-corrected chi connectivity index (χ2v) is 4.84. The first kappa shape index (κ1) is 9.14. The standard InChI is InChI=1S/C14H16O/c15-14-9-10-5-1-2-6-11(10)12-7-3-4-8-13(12)14/h1-2,5-6,12-13H,3-4,7-9H2. The molecule has 0 aliphatic heterocycles. The molecule has 1 heteroatoms. The third kappa shape index (κ3) is 1.41. The summed E-state index contributed by atoms with van der Waals surface area (Å²) in [6.45, 7) is 0. The third-order valence-corrected chi connectivity index (χ3v) is 4.00. The number of rotatable bonds is 0. The van der Waals surface area contributed by atoms with Crippen LogP contribution in [0.3, 0.4) is 0 Å². The number of ketones is 1. The first-order chi connectivity index (χ1) is 7.36. The molecule has 2 aliphatic carbocycles. The molecule has 1 fully saturated rings. The normalized spacial score (nSPS) is 29.5. The van der Waals surface area contributed by atoms with Gasteiger partial charge in [-0.15, -0.1) is 0 Å². The molecular weight excluding hydrogens is 184 g/mol. The van der Waals surface area contributed by atoms with E-state index in [1.54, 1.807) is 0 Å². The molecule has 0 heterocycles. The van der Waals surface area contributed by atoms with E-state index in [0.717, 1.165) is 6.42 Å². The topological polar surface area (TPSA) is 17.1 Å². The fraction of sp³-hybridized carbons (Fsp3) is 0.500. The zero-order valence-electron chi connectivity index (χ0n) is 8.91. The van der Waals surface area contributed by atoms with Gasteiger partial charge in [0.05, 0.1) is 0 Å². The summed E-state index contributed by atoms with van der Waals surface area (Å²) < 4.78 is 0. The SMILES string of the molecule is O=C1Cc2ccccc2C2CCCCC12. The lowest BCUT2D eigenvalue weighted by Gasteiger charge is -2.35.